The van der Waals surface area contributed by atoms with E-state index in [-0.39, 0.29) is 18.1 Å². The predicted molar refractivity (Wildman–Crippen MR) is 127 cm³/mol. The van der Waals surface area contributed by atoms with E-state index in [0.717, 1.165) is 56.2 Å². The Hall–Kier alpha value is -2.70. The molecule has 5 rings (SSSR count). The second-order valence-corrected chi connectivity index (χ2v) is 9.51. The molecule has 3 aromatic rings. The Bertz CT molecular complexity index is 1020. The molecule has 0 N–H and O–H groups in total. The quantitative estimate of drug-likeness (QED) is 0.538. The van der Waals surface area contributed by atoms with E-state index in [0.29, 0.717) is 6.42 Å². The highest BCUT2D eigenvalue weighted by Crippen LogP contribution is 2.33. The first-order valence-electron chi connectivity index (χ1n) is 11.5. The number of ether oxygens (including phenoxy) is 1. The summed E-state index contributed by atoms with van der Waals surface area (Å²) in [5.74, 6) is 1.18. The molecule has 166 valence electrons. The highest BCUT2D eigenvalue weighted by molar-refractivity contribution is 7.09. The van der Waals surface area contributed by atoms with Crippen LogP contribution in [0.1, 0.15) is 54.0 Å². The third-order valence-corrected chi connectivity index (χ3v) is 7.31. The lowest BCUT2D eigenvalue weighted by atomic mass is 10.0. The van der Waals surface area contributed by atoms with Gasteiger partial charge in [0.2, 0.25) is 5.91 Å². The van der Waals surface area contributed by atoms with E-state index in [2.05, 4.69) is 51.2 Å². The zero-order chi connectivity index (χ0) is 21.8. The van der Waals surface area contributed by atoms with Crippen molar-refractivity contribution in [2.24, 2.45) is 0 Å². The molecule has 1 aromatic heterocycles. The molecule has 1 fully saturated rings. The molecule has 0 bridgehead atoms. The van der Waals surface area contributed by atoms with Crippen LogP contribution in [-0.4, -0.2) is 40.3 Å². The van der Waals surface area contributed by atoms with Gasteiger partial charge in [0.05, 0.1) is 6.04 Å². The summed E-state index contributed by atoms with van der Waals surface area (Å²) in [7, 11) is 0. The number of piperidine rings is 1. The van der Waals surface area contributed by atoms with Crippen LogP contribution in [0.5, 0.6) is 5.75 Å². The topological polar surface area (TPSA) is 45.7 Å². The number of likely N-dealkylation sites (tertiary alicyclic amines) is 1. The van der Waals surface area contributed by atoms with Gasteiger partial charge in [-0.05, 0) is 30.9 Å². The van der Waals surface area contributed by atoms with Crippen LogP contribution in [-0.2, 0) is 11.3 Å². The molecule has 1 amide bonds. The van der Waals surface area contributed by atoms with E-state index in [1.54, 1.807) is 11.3 Å². The molecule has 2 atom stereocenters. The van der Waals surface area contributed by atoms with Crippen LogP contribution in [0.2, 0.25) is 0 Å². The van der Waals surface area contributed by atoms with Gasteiger partial charge in [0.1, 0.15) is 16.9 Å². The summed E-state index contributed by atoms with van der Waals surface area (Å²) in [5, 5.41) is 3.07. The van der Waals surface area contributed by atoms with Crippen molar-refractivity contribution in [3.63, 3.8) is 0 Å². The molecule has 2 aromatic carbocycles. The maximum atomic E-state index is 13.3. The molecule has 6 heteroatoms. The van der Waals surface area contributed by atoms with Crippen LogP contribution in [0.3, 0.4) is 0 Å². The number of para-hydroxylation sites is 1. The highest BCUT2D eigenvalue weighted by Gasteiger charge is 2.30. The van der Waals surface area contributed by atoms with Crippen molar-refractivity contribution in [1.82, 2.24) is 14.8 Å². The summed E-state index contributed by atoms with van der Waals surface area (Å²) < 4.78 is 6.42. The molecule has 2 aliphatic rings. The molecule has 2 aliphatic heterocycles. The first kappa shape index (κ1) is 21.2. The Morgan fingerprint density at radius 1 is 1.09 bits per heavy atom. The predicted octanol–water partition coefficient (Wildman–Crippen LogP) is 5.22. The van der Waals surface area contributed by atoms with E-state index < -0.39 is 0 Å². The van der Waals surface area contributed by atoms with Gasteiger partial charge in [-0.15, -0.1) is 11.3 Å². The molecule has 0 aliphatic carbocycles. The van der Waals surface area contributed by atoms with Crippen molar-refractivity contribution in [2.75, 3.05) is 19.6 Å². The maximum Gasteiger partial charge on any atom is 0.224 e. The Balaban J connectivity index is 1.30. The number of hydrogen-bond acceptors (Lipinski definition) is 5. The number of amides is 1. The number of hydrogen-bond donors (Lipinski definition) is 0. The van der Waals surface area contributed by atoms with Gasteiger partial charge in [0.25, 0.3) is 0 Å². The Morgan fingerprint density at radius 2 is 1.94 bits per heavy atom. The van der Waals surface area contributed by atoms with Crippen molar-refractivity contribution in [1.29, 1.82) is 0 Å². The van der Waals surface area contributed by atoms with Crippen LogP contribution in [0.15, 0.2) is 66.2 Å². The number of aromatic nitrogens is 1. The molecule has 0 spiro atoms. The summed E-state index contributed by atoms with van der Waals surface area (Å²) in [5.41, 5.74) is 2.34. The van der Waals surface area contributed by atoms with Crippen molar-refractivity contribution >= 4 is 17.2 Å². The Morgan fingerprint density at radius 3 is 2.78 bits per heavy atom. The second kappa shape index (κ2) is 9.84. The van der Waals surface area contributed by atoms with E-state index in [9.17, 15) is 4.79 Å². The molecular weight excluding hydrogens is 418 g/mol. The summed E-state index contributed by atoms with van der Waals surface area (Å²) in [6.07, 6.45) is 5.57. The monoisotopic (exact) mass is 447 g/mol. The molecule has 32 heavy (non-hydrogen) atoms. The molecule has 0 radical (unpaired) electrons. The van der Waals surface area contributed by atoms with Gasteiger partial charge in [-0.2, -0.15) is 0 Å². The van der Waals surface area contributed by atoms with Gasteiger partial charge in [-0.1, -0.05) is 48.5 Å². The number of carbonyl (C=O) groups is 1. The van der Waals surface area contributed by atoms with Crippen molar-refractivity contribution in [3.8, 4) is 5.75 Å². The lowest BCUT2D eigenvalue weighted by Crippen LogP contribution is -2.40. The maximum absolute atomic E-state index is 13.3. The average Bonchev–Trinajstić information content (AvgIpc) is 3.31. The lowest BCUT2D eigenvalue weighted by Gasteiger charge is -2.35. The first-order valence-corrected chi connectivity index (χ1v) is 12.4. The van der Waals surface area contributed by atoms with Crippen LogP contribution < -0.4 is 4.74 Å². The minimum Gasteiger partial charge on any atom is -0.484 e. The van der Waals surface area contributed by atoms with Crippen molar-refractivity contribution in [3.05, 3.63) is 82.3 Å². The zero-order valence-electron chi connectivity index (χ0n) is 18.2. The van der Waals surface area contributed by atoms with Gasteiger partial charge in [-0.25, -0.2) is 4.98 Å². The lowest BCUT2D eigenvalue weighted by molar-refractivity contribution is -0.135. The van der Waals surface area contributed by atoms with Crippen molar-refractivity contribution < 1.29 is 9.53 Å². The standard InChI is InChI=1S/C26H29N3O2S/c30-25(29-15-7-6-11-22(29)26-27-14-17-32-26)13-16-28-18-21-10-4-5-12-23(21)31-24(19-28)20-8-2-1-3-9-20/h1-5,8-10,12,14,17,22,24H,6-7,11,13,15-16,18-19H2/t22-,24+/m1/s1. The van der Waals surface area contributed by atoms with Gasteiger partial charge in [0, 0.05) is 49.7 Å². The minimum absolute atomic E-state index is 0.0481. The number of benzene rings is 2. The Kier molecular flexibility index (Phi) is 6.51. The number of thiazole rings is 1. The average molecular weight is 448 g/mol. The van der Waals surface area contributed by atoms with Crippen LogP contribution in [0.25, 0.3) is 0 Å². The summed E-state index contributed by atoms with van der Waals surface area (Å²) in [6, 6.07) is 18.8. The summed E-state index contributed by atoms with van der Waals surface area (Å²) in [4.78, 5) is 22.2. The van der Waals surface area contributed by atoms with Gasteiger partial charge < -0.3 is 9.64 Å². The first-order chi connectivity index (χ1) is 15.8. The van der Waals surface area contributed by atoms with E-state index in [1.807, 2.05) is 29.8 Å². The molecule has 3 heterocycles. The fourth-order valence-electron chi connectivity index (χ4n) is 4.77. The van der Waals surface area contributed by atoms with Crippen molar-refractivity contribution in [2.45, 2.75) is 44.4 Å². The fourth-order valence-corrected chi connectivity index (χ4v) is 5.56. The largest absolute Gasteiger partial charge is 0.484 e. The van der Waals surface area contributed by atoms with Gasteiger partial charge in [-0.3, -0.25) is 9.69 Å². The second-order valence-electron chi connectivity index (χ2n) is 8.58. The molecule has 0 saturated carbocycles. The molecule has 1 saturated heterocycles. The smallest absolute Gasteiger partial charge is 0.224 e. The zero-order valence-corrected chi connectivity index (χ0v) is 19.0. The normalized spacial score (nSPS) is 21.4. The summed E-state index contributed by atoms with van der Waals surface area (Å²) in [6.45, 7) is 3.12. The minimum atomic E-state index is -0.0481. The summed E-state index contributed by atoms with van der Waals surface area (Å²) >= 11 is 1.66. The van der Waals surface area contributed by atoms with E-state index >= 15 is 0 Å². The fraction of sp³-hybridized carbons (Fsp3) is 0.385. The number of nitrogens with zero attached hydrogens (tertiary/aromatic N) is 3. The van der Waals surface area contributed by atoms with Gasteiger partial charge in [0.15, 0.2) is 0 Å². The SMILES string of the molecule is O=C(CCN1Cc2ccccc2O[C@H](c2ccccc2)C1)N1CCCC[C@@H]1c1nccs1. The molecule has 5 nitrogen and oxygen atoms in total. The number of fused-ring (bicyclic) bond motifs is 1. The van der Waals surface area contributed by atoms with Crippen LogP contribution in [0.4, 0.5) is 0 Å². The number of carbonyl (C=O) groups excluding carboxylic acids is 1. The molecule has 0 unspecified atom stereocenters. The van der Waals surface area contributed by atoms with Crippen LogP contribution >= 0.6 is 11.3 Å². The number of rotatable bonds is 5. The molecular formula is C26H29N3O2S. The third kappa shape index (κ3) is 4.71. The van der Waals surface area contributed by atoms with E-state index in [1.165, 1.54) is 11.1 Å². The van der Waals surface area contributed by atoms with E-state index in [4.69, 9.17) is 4.74 Å². The van der Waals surface area contributed by atoms with Gasteiger partial charge >= 0.3 is 0 Å². The van der Waals surface area contributed by atoms with Crippen LogP contribution in [0, 0.1) is 0 Å². The third-order valence-electron chi connectivity index (χ3n) is 6.43. The Labute approximate surface area is 193 Å². The highest BCUT2D eigenvalue weighted by atomic mass is 32.1.